The number of rotatable bonds is 3. The fourth-order valence-electron chi connectivity index (χ4n) is 2.66. The zero-order valence-corrected chi connectivity index (χ0v) is 12.3. The molecule has 0 spiro atoms. The maximum absolute atomic E-state index is 11.6. The van der Waals surface area contributed by atoms with Gasteiger partial charge in [-0.05, 0) is 23.4 Å². The molecule has 110 valence electrons. The van der Waals surface area contributed by atoms with Gasteiger partial charge in [0.05, 0.1) is 6.54 Å². The van der Waals surface area contributed by atoms with Crippen LogP contribution in [0.5, 0.6) is 0 Å². The number of benzene rings is 1. The van der Waals surface area contributed by atoms with Crippen molar-refractivity contribution in [1.82, 2.24) is 10.2 Å². The van der Waals surface area contributed by atoms with Crippen LogP contribution in [0.3, 0.4) is 0 Å². The molecule has 0 unspecified atom stereocenters. The van der Waals surface area contributed by atoms with Crippen LogP contribution in [0.25, 0.3) is 10.1 Å². The van der Waals surface area contributed by atoms with Gasteiger partial charge in [0, 0.05) is 24.3 Å². The van der Waals surface area contributed by atoms with Gasteiger partial charge in [-0.2, -0.15) is 0 Å². The summed E-state index contributed by atoms with van der Waals surface area (Å²) in [5, 5.41) is 13.2. The number of hydrogen-bond acceptors (Lipinski definition) is 4. The number of hydrogen-bond donors (Lipinski definition) is 2. The average molecular weight is 304 g/mol. The van der Waals surface area contributed by atoms with Gasteiger partial charge in [0.15, 0.2) is 0 Å². The first-order valence-corrected chi connectivity index (χ1v) is 7.69. The van der Waals surface area contributed by atoms with Gasteiger partial charge >= 0.3 is 5.97 Å². The number of nitrogens with zero attached hydrogens (tertiary/aromatic N) is 1. The quantitative estimate of drug-likeness (QED) is 0.909. The first-order chi connectivity index (χ1) is 10.1. The van der Waals surface area contributed by atoms with Crippen molar-refractivity contribution in [2.45, 2.75) is 13.0 Å². The normalized spacial score (nSPS) is 16.7. The van der Waals surface area contributed by atoms with Crippen molar-refractivity contribution in [3.8, 4) is 0 Å². The van der Waals surface area contributed by atoms with E-state index in [-0.39, 0.29) is 5.91 Å². The number of nitrogens with one attached hydrogen (secondary N) is 1. The van der Waals surface area contributed by atoms with Crippen molar-refractivity contribution in [3.63, 3.8) is 0 Å². The Morgan fingerprint density at radius 2 is 2.19 bits per heavy atom. The van der Waals surface area contributed by atoms with E-state index < -0.39 is 5.97 Å². The molecule has 1 aliphatic rings. The molecule has 1 aromatic heterocycles. The lowest BCUT2D eigenvalue weighted by Crippen LogP contribution is -2.32. The summed E-state index contributed by atoms with van der Waals surface area (Å²) in [6, 6.07) is 7.71. The summed E-state index contributed by atoms with van der Waals surface area (Å²) < 4.78 is 0.976. The molecule has 1 aromatic carbocycles. The lowest BCUT2D eigenvalue weighted by Gasteiger charge is -2.18. The molecule has 0 saturated carbocycles. The first-order valence-electron chi connectivity index (χ1n) is 6.88. The third-order valence-corrected chi connectivity index (χ3v) is 4.82. The molecule has 1 amide bonds. The van der Waals surface area contributed by atoms with Crippen LogP contribution in [0.1, 0.15) is 21.7 Å². The molecule has 6 heteroatoms. The first kappa shape index (κ1) is 14.0. The van der Waals surface area contributed by atoms with E-state index in [2.05, 4.69) is 5.32 Å². The molecule has 1 fully saturated rings. The van der Waals surface area contributed by atoms with Crippen molar-refractivity contribution in [2.75, 3.05) is 19.6 Å². The molecule has 0 radical (unpaired) electrons. The zero-order valence-electron chi connectivity index (χ0n) is 11.5. The summed E-state index contributed by atoms with van der Waals surface area (Å²) in [4.78, 5) is 25.5. The van der Waals surface area contributed by atoms with E-state index in [9.17, 15) is 14.7 Å². The fraction of sp³-hybridized carbons (Fsp3) is 0.333. The molecule has 3 rings (SSSR count). The van der Waals surface area contributed by atoms with Crippen LogP contribution in [-0.4, -0.2) is 41.5 Å². The lowest BCUT2D eigenvalue weighted by molar-refractivity contribution is -0.121. The van der Waals surface area contributed by atoms with Crippen molar-refractivity contribution < 1.29 is 14.7 Å². The van der Waals surface area contributed by atoms with Crippen LogP contribution < -0.4 is 5.32 Å². The van der Waals surface area contributed by atoms with E-state index in [1.165, 1.54) is 11.3 Å². The molecule has 5 nitrogen and oxygen atoms in total. The van der Waals surface area contributed by atoms with Crippen molar-refractivity contribution in [2.24, 2.45) is 0 Å². The summed E-state index contributed by atoms with van der Waals surface area (Å²) in [5.41, 5.74) is 0.817. The molecule has 0 aliphatic carbocycles. The highest BCUT2D eigenvalue weighted by Gasteiger charge is 2.21. The number of carboxylic acid groups (broad SMARTS) is 1. The molecule has 2 heterocycles. The second-order valence-electron chi connectivity index (χ2n) is 5.13. The molecule has 0 bridgehead atoms. The van der Waals surface area contributed by atoms with Crippen molar-refractivity contribution >= 4 is 33.3 Å². The minimum absolute atomic E-state index is 0.00362. The monoisotopic (exact) mass is 304 g/mol. The number of carbonyl (C=O) groups is 2. The number of carboxylic acids is 1. The number of aromatic carboxylic acids is 1. The molecule has 0 atom stereocenters. The molecule has 1 saturated heterocycles. The minimum Gasteiger partial charge on any atom is -0.477 e. The Balaban J connectivity index is 1.96. The third kappa shape index (κ3) is 2.91. The van der Waals surface area contributed by atoms with Gasteiger partial charge in [-0.15, -0.1) is 11.3 Å². The largest absolute Gasteiger partial charge is 0.477 e. The van der Waals surface area contributed by atoms with Crippen LogP contribution in [-0.2, 0) is 11.3 Å². The lowest BCUT2D eigenvalue weighted by atomic mass is 10.1. The van der Waals surface area contributed by atoms with Gasteiger partial charge in [-0.3, -0.25) is 9.69 Å². The van der Waals surface area contributed by atoms with Crippen molar-refractivity contribution in [1.29, 1.82) is 0 Å². The summed E-state index contributed by atoms with van der Waals surface area (Å²) in [5.74, 6) is -0.894. The highest BCUT2D eigenvalue weighted by molar-refractivity contribution is 7.21. The molecular formula is C15H16N2O3S. The molecule has 2 N–H and O–H groups in total. The van der Waals surface area contributed by atoms with E-state index >= 15 is 0 Å². The van der Waals surface area contributed by atoms with Crippen LogP contribution in [0.15, 0.2) is 24.3 Å². The highest BCUT2D eigenvalue weighted by atomic mass is 32.1. The van der Waals surface area contributed by atoms with Crippen LogP contribution in [0, 0.1) is 0 Å². The topological polar surface area (TPSA) is 69.6 Å². The number of fused-ring (bicyclic) bond motifs is 1. The van der Waals surface area contributed by atoms with Gasteiger partial charge in [0.2, 0.25) is 5.91 Å². The minimum atomic E-state index is -0.898. The van der Waals surface area contributed by atoms with Crippen LogP contribution >= 0.6 is 11.3 Å². The van der Waals surface area contributed by atoms with E-state index in [0.717, 1.165) is 28.6 Å². The van der Waals surface area contributed by atoms with Gasteiger partial charge in [-0.1, -0.05) is 18.2 Å². The van der Waals surface area contributed by atoms with Gasteiger partial charge in [0.1, 0.15) is 4.88 Å². The standard InChI is InChI=1S/C15H16N2O3S/c18-13-9-17(7-3-6-16-13)8-11-10-4-1-2-5-12(10)21-14(11)15(19)20/h1-2,4-5H,3,6-9H2,(H,16,18)(H,19,20). The fourth-order valence-corrected chi connectivity index (χ4v) is 3.71. The summed E-state index contributed by atoms with van der Waals surface area (Å²) in [7, 11) is 0. The van der Waals surface area contributed by atoms with E-state index in [1.54, 1.807) is 0 Å². The van der Waals surface area contributed by atoms with Crippen molar-refractivity contribution in [3.05, 3.63) is 34.7 Å². The summed E-state index contributed by atoms with van der Waals surface area (Å²) in [6.45, 7) is 2.30. The van der Waals surface area contributed by atoms with Crippen LogP contribution in [0.2, 0.25) is 0 Å². The zero-order chi connectivity index (χ0) is 14.8. The second kappa shape index (κ2) is 5.83. The predicted molar refractivity (Wildman–Crippen MR) is 81.7 cm³/mol. The van der Waals surface area contributed by atoms with E-state index in [0.29, 0.717) is 24.5 Å². The Morgan fingerprint density at radius 3 is 3.00 bits per heavy atom. The molecule has 2 aromatic rings. The van der Waals surface area contributed by atoms with Gasteiger partial charge in [0.25, 0.3) is 0 Å². The third-order valence-electron chi connectivity index (χ3n) is 3.61. The molecule has 21 heavy (non-hydrogen) atoms. The van der Waals surface area contributed by atoms with E-state index in [4.69, 9.17) is 0 Å². The number of amides is 1. The Bertz CT molecular complexity index is 695. The Morgan fingerprint density at radius 1 is 1.38 bits per heavy atom. The SMILES string of the molecule is O=C1CN(Cc2c(C(=O)O)sc3ccccc23)CCCN1. The predicted octanol–water partition coefficient (Wildman–Crippen LogP) is 1.92. The maximum atomic E-state index is 11.6. The van der Waals surface area contributed by atoms with Gasteiger partial charge < -0.3 is 10.4 Å². The second-order valence-corrected chi connectivity index (χ2v) is 6.18. The Labute approximate surface area is 126 Å². The Hall–Kier alpha value is -1.92. The highest BCUT2D eigenvalue weighted by Crippen LogP contribution is 2.32. The number of thiophene rings is 1. The summed E-state index contributed by atoms with van der Waals surface area (Å²) >= 11 is 1.30. The number of carbonyl (C=O) groups excluding carboxylic acids is 1. The molecular weight excluding hydrogens is 288 g/mol. The van der Waals surface area contributed by atoms with Crippen LogP contribution in [0.4, 0.5) is 0 Å². The van der Waals surface area contributed by atoms with Gasteiger partial charge in [-0.25, -0.2) is 4.79 Å². The van der Waals surface area contributed by atoms with E-state index in [1.807, 2.05) is 29.2 Å². The Kier molecular flexibility index (Phi) is 3.90. The average Bonchev–Trinajstić information content (AvgIpc) is 2.69. The summed E-state index contributed by atoms with van der Waals surface area (Å²) in [6.07, 6.45) is 0.885. The smallest absolute Gasteiger partial charge is 0.346 e. The maximum Gasteiger partial charge on any atom is 0.346 e. The molecule has 1 aliphatic heterocycles.